The lowest BCUT2D eigenvalue weighted by Gasteiger charge is -2.06. The molecule has 0 bridgehead atoms. The van der Waals surface area contributed by atoms with Crippen LogP contribution in [0.3, 0.4) is 0 Å². The van der Waals surface area contributed by atoms with Gasteiger partial charge in [-0.25, -0.2) is 4.98 Å². The highest BCUT2D eigenvalue weighted by molar-refractivity contribution is 9.10. The van der Waals surface area contributed by atoms with Crippen LogP contribution < -0.4 is 4.72 Å². The first-order valence-corrected chi connectivity index (χ1v) is 7.61. The summed E-state index contributed by atoms with van der Waals surface area (Å²) in [5.41, 5.74) is 0.497. The highest BCUT2D eigenvalue weighted by atomic mass is 79.9. The summed E-state index contributed by atoms with van der Waals surface area (Å²) in [5.74, 6) is 0.643. The minimum Gasteiger partial charge on any atom is -0.332 e. The van der Waals surface area contributed by atoms with Crippen LogP contribution in [0.1, 0.15) is 12.7 Å². The van der Waals surface area contributed by atoms with Gasteiger partial charge in [0.1, 0.15) is 5.82 Å². The number of hydrogen-bond donors (Lipinski definition) is 2. The quantitative estimate of drug-likeness (QED) is 0.905. The number of halogens is 1. The second-order valence-electron chi connectivity index (χ2n) is 3.66. The van der Waals surface area contributed by atoms with E-state index in [4.69, 9.17) is 0 Å². The van der Waals surface area contributed by atoms with Crippen molar-refractivity contribution in [2.24, 2.45) is 0 Å². The van der Waals surface area contributed by atoms with Crippen LogP contribution in [0.5, 0.6) is 0 Å². The van der Waals surface area contributed by atoms with Crippen LogP contribution in [0.4, 0.5) is 5.69 Å². The summed E-state index contributed by atoms with van der Waals surface area (Å²) in [7, 11) is -3.61. The first-order valence-electron chi connectivity index (χ1n) is 5.33. The topological polar surface area (TPSA) is 74.8 Å². The second kappa shape index (κ2) is 5.11. The molecule has 0 fully saturated rings. The van der Waals surface area contributed by atoms with E-state index in [-0.39, 0.29) is 5.03 Å². The number of anilines is 1. The fraction of sp³-hybridized carbons (Fsp3) is 0.182. The molecular weight excluding hydrogens is 318 g/mol. The van der Waals surface area contributed by atoms with Gasteiger partial charge in [0, 0.05) is 16.6 Å². The Bertz CT molecular complexity index is 652. The molecule has 0 radical (unpaired) electrons. The Morgan fingerprint density at radius 3 is 2.83 bits per heavy atom. The Hall–Kier alpha value is -1.34. The standard InChI is InChI=1S/C11H12BrN3O2S/c1-2-10-13-7-11(14-10)18(16,17)15-9-5-3-4-8(12)6-9/h3-7,15H,2H2,1H3,(H,13,14). The number of hydrogen-bond acceptors (Lipinski definition) is 3. The molecule has 1 aromatic heterocycles. The molecule has 0 amide bonds. The van der Waals surface area contributed by atoms with Crippen molar-refractivity contribution < 1.29 is 8.42 Å². The average Bonchev–Trinajstić information content (AvgIpc) is 2.77. The zero-order valence-electron chi connectivity index (χ0n) is 9.64. The Labute approximate surface area is 114 Å². The molecule has 0 saturated carbocycles. The van der Waals surface area contributed by atoms with Crippen LogP contribution in [0, 0.1) is 0 Å². The van der Waals surface area contributed by atoms with Gasteiger partial charge in [-0.15, -0.1) is 0 Å². The first kappa shape index (κ1) is 13.1. The van der Waals surface area contributed by atoms with E-state index in [1.54, 1.807) is 18.2 Å². The van der Waals surface area contributed by atoms with E-state index in [0.717, 1.165) is 4.47 Å². The third-order valence-electron chi connectivity index (χ3n) is 2.31. The van der Waals surface area contributed by atoms with Gasteiger partial charge >= 0.3 is 0 Å². The smallest absolute Gasteiger partial charge is 0.278 e. The van der Waals surface area contributed by atoms with E-state index in [2.05, 4.69) is 30.6 Å². The van der Waals surface area contributed by atoms with Crippen molar-refractivity contribution in [1.29, 1.82) is 0 Å². The molecule has 0 aliphatic rings. The molecule has 18 heavy (non-hydrogen) atoms. The van der Waals surface area contributed by atoms with Gasteiger partial charge in [0.2, 0.25) is 0 Å². The summed E-state index contributed by atoms with van der Waals surface area (Å²) in [6, 6.07) is 6.95. The average molecular weight is 330 g/mol. The maximum absolute atomic E-state index is 12.0. The van der Waals surface area contributed by atoms with E-state index < -0.39 is 10.0 Å². The SMILES string of the molecule is CCc1ncc(S(=O)(=O)Nc2cccc(Br)c2)[nH]1. The fourth-order valence-corrected chi connectivity index (χ4v) is 2.81. The molecule has 0 unspecified atom stereocenters. The Morgan fingerprint density at radius 2 is 2.22 bits per heavy atom. The maximum atomic E-state index is 12.0. The summed E-state index contributed by atoms with van der Waals surface area (Å²) in [6.07, 6.45) is 1.98. The van der Waals surface area contributed by atoms with Crippen LogP contribution in [-0.2, 0) is 16.4 Å². The molecule has 0 atom stereocenters. The number of imidazole rings is 1. The highest BCUT2D eigenvalue weighted by Gasteiger charge is 2.16. The van der Waals surface area contributed by atoms with E-state index in [9.17, 15) is 8.42 Å². The third-order valence-corrected chi connectivity index (χ3v) is 4.09. The molecule has 1 heterocycles. The van der Waals surface area contributed by atoms with Crippen LogP contribution in [0.15, 0.2) is 40.0 Å². The molecule has 0 aliphatic carbocycles. The molecule has 0 spiro atoms. The van der Waals surface area contributed by atoms with Crippen molar-refractivity contribution in [3.05, 3.63) is 40.8 Å². The molecule has 5 nitrogen and oxygen atoms in total. The predicted octanol–water partition coefficient (Wildman–Crippen LogP) is 2.54. The molecule has 2 rings (SSSR count). The Balaban J connectivity index is 2.27. The largest absolute Gasteiger partial charge is 0.332 e. The van der Waals surface area contributed by atoms with E-state index in [1.807, 2.05) is 13.0 Å². The van der Waals surface area contributed by atoms with Crippen molar-refractivity contribution >= 4 is 31.6 Å². The lowest BCUT2D eigenvalue weighted by Crippen LogP contribution is -2.13. The van der Waals surface area contributed by atoms with Gasteiger partial charge in [-0.05, 0) is 18.2 Å². The molecule has 0 aliphatic heterocycles. The lowest BCUT2D eigenvalue weighted by molar-refractivity contribution is 0.598. The van der Waals surface area contributed by atoms with Crippen LogP contribution >= 0.6 is 15.9 Å². The van der Waals surface area contributed by atoms with Gasteiger partial charge in [-0.2, -0.15) is 8.42 Å². The Morgan fingerprint density at radius 1 is 1.44 bits per heavy atom. The number of rotatable bonds is 4. The van der Waals surface area contributed by atoms with Gasteiger partial charge < -0.3 is 4.98 Å². The molecule has 0 saturated heterocycles. The van der Waals surface area contributed by atoms with E-state index in [0.29, 0.717) is 17.9 Å². The molecule has 2 aromatic rings. The monoisotopic (exact) mass is 329 g/mol. The van der Waals surface area contributed by atoms with Gasteiger partial charge in [0.25, 0.3) is 10.0 Å². The molecular formula is C11H12BrN3O2S. The van der Waals surface area contributed by atoms with Crippen molar-refractivity contribution in [2.45, 2.75) is 18.4 Å². The molecule has 96 valence electrons. The van der Waals surface area contributed by atoms with Gasteiger partial charge in [0.05, 0.1) is 6.20 Å². The van der Waals surface area contributed by atoms with E-state index >= 15 is 0 Å². The third kappa shape index (κ3) is 2.91. The number of aromatic amines is 1. The van der Waals surface area contributed by atoms with Crippen molar-refractivity contribution in [3.63, 3.8) is 0 Å². The highest BCUT2D eigenvalue weighted by Crippen LogP contribution is 2.19. The predicted molar refractivity (Wildman–Crippen MR) is 72.9 cm³/mol. The molecule has 1 aromatic carbocycles. The number of aryl methyl sites for hydroxylation is 1. The number of nitrogens with zero attached hydrogens (tertiary/aromatic N) is 1. The van der Waals surface area contributed by atoms with Gasteiger partial charge in [0.15, 0.2) is 5.03 Å². The first-order chi connectivity index (χ1) is 8.51. The summed E-state index contributed by atoms with van der Waals surface area (Å²) in [4.78, 5) is 6.74. The molecule has 2 N–H and O–H groups in total. The number of nitrogens with one attached hydrogen (secondary N) is 2. The number of benzene rings is 1. The zero-order chi connectivity index (χ0) is 13.2. The van der Waals surface area contributed by atoms with Gasteiger partial charge in [-0.3, -0.25) is 4.72 Å². The van der Waals surface area contributed by atoms with Crippen LogP contribution in [-0.4, -0.2) is 18.4 Å². The van der Waals surface area contributed by atoms with Crippen molar-refractivity contribution in [1.82, 2.24) is 9.97 Å². The lowest BCUT2D eigenvalue weighted by atomic mass is 10.3. The van der Waals surface area contributed by atoms with Crippen molar-refractivity contribution in [2.75, 3.05) is 4.72 Å². The number of aromatic nitrogens is 2. The Kier molecular flexibility index (Phi) is 3.72. The van der Waals surface area contributed by atoms with Crippen LogP contribution in [0.25, 0.3) is 0 Å². The molecule has 7 heteroatoms. The number of sulfonamides is 1. The zero-order valence-corrected chi connectivity index (χ0v) is 12.0. The summed E-state index contributed by atoms with van der Waals surface area (Å²) < 4.78 is 27.4. The summed E-state index contributed by atoms with van der Waals surface area (Å²) in [6.45, 7) is 1.90. The van der Waals surface area contributed by atoms with Crippen LogP contribution in [0.2, 0.25) is 0 Å². The normalized spacial score (nSPS) is 11.4. The summed E-state index contributed by atoms with van der Waals surface area (Å²) in [5, 5.41) is 0.0688. The maximum Gasteiger partial charge on any atom is 0.278 e. The minimum atomic E-state index is -3.61. The number of H-pyrrole nitrogens is 1. The second-order valence-corrected chi connectivity index (χ2v) is 6.23. The fourth-order valence-electron chi connectivity index (χ4n) is 1.42. The van der Waals surface area contributed by atoms with Gasteiger partial charge in [-0.1, -0.05) is 28.9 Å². The minimum absolute atomic E-state index is 0.0688. The van der Waals surface area contributed by atoms with E-state index in [1.165, 1.54) is 6.20 Å². The van der Waals surface area contributed by atoms with Crippen molar-refractivity contribution in [3.8, 4) is 0 Å². The summed E-state index contributed by atoms with van der Waals surface area (Å²) >= 11 is 3.29.